The summed E-state index contributed by atoms with van der Waals surface area (Å²) in [6.45, 7) is 0.106. The molecular weight excluding hydrogens is 286 g/mol. The average Bonchev–Trinajstić information content (AvgIpc) is 2.23. The molecule has 1 atom stereocenters. The van der Waals surface area contributed by atoms with E-state index in [4.69, 9.17) is 45.3 Å². The lowest BCUT2D eigenvalue weighted by atomic mass is 10.2. The van der Waals surface area contributed by atoms with Crippen LogP contribution in [0.3, 0.4) is 0 Å². The van der Waals surface area contributed by atoms with Crippen molar-refractivity contribution in [2.75, 3.05) is 19.0 Å². The minimum Gasteiger partial charge on any atom is -0.383 e. The van der Waals surface area contributed by atoms with Gasteiger partial charge in [0.15, 0.2) is 0 Å². The van der Waals surface area contributed by atoms with E-state index < -0.39 is 11.9 Å². The van der Waals surface area contributed by atoms with Crippen LogP contribution in [0.15, 0.2) is 12.1 Å². The van der Waals surface area contributed by atoms with Crippen LogP contribution in [0.25, 0.3) is 0 Å². The van der Waals surface area contributed by atoms with Gasteiger partial charge in [0.2, 0.25) is 5.91 Å². The van der Waals surface area contributed by atoms with E-state index in [9.17, 15) is 4.79 Å². The molecule has 4 nitrogen and oxygen atoms in total. The van der Waals surface area contributed by atoms with Crippen molar-refractivity contribution in [3.63, 3.8) is 0 Å². The fourth-order valence-corrected chi connectivity index (χ4v) is 2.04. The molecule has 0 bridgehead atoms. The van der Waals surface area contributed by atoms with Gasteiger partial charge in [-0.1, -0.05) is 34.8 Å². The second kappa shape index (κ2) is 6.42. The van der Waals surface area contributed by atoms with Gasteiger partial charge in [0.05, 0.1) is 22.3 Å². The lowest BCUT2D eigenvalue weighted by molar-refractivity contribution is -0.118. The molecule has 1 rings (SSSR count). The Labute approximate surface area is 114 Å². The molecule has 0 spiro atoms. The Morgan fingerprint density at radius 2 is 1.94 bits per heavy atom. The normalized spacial score (nSPS) is 12.3. The summed E-state index contributed by atoms with van der Waals surface area (Å²) < 4.78 is 4.77. The molecule has 1 aromatic rings. The predicted octanol–water partition coefficient (Wildman–Crippen LogP) is 2.56. The fraction of sp³-hybridized carbons (Fsp3) is 0.300. The Kier molecular flexibility index (Phi) is 5.49. The van der Waals surface area contributed by atoms with Crippen LogP contribution in [0, 0.1) is 0 Å². The van der Waals surface area contributed by atoms with E-state index in [1.165, 1.54) is 19.2 Å². The molecule has 0 saturated carbocycles. The number of carbonyl (C=O) groups is 1. The maximum atomic E-state index is 11.6. The number of rotatable bonds is 4. The van der Waals surface area contributed by atoms with Crippen LogP contribution in [0.5, 0.6) is 0 Å². The summed E-state index contributed by atoms with van der Waals surface area (Å²) >= 11 is 17.6. The lowest BCUT2D eigenvalue weighted by Gasteiger charge is -2.13. The van der Waals surface area contributed by atoms with Gasteiger partial charge < -0.3 is 15.8 Å². The first-order valence-corrected chi connectivity index (χ1v) is 5.79. The van der Waals surface area contributed by atoms with Crippen molar-refractivity contribution in [1.82, 2.24) is 0 Å². The molecule has 94 valence electrons. The molecule has 0 aromatic heterocycles. The van der Waals surface area contributed by atoms with E-state index in [2.05, 4.69) is 5.32 Å². The third-order valence-corrected chi connectivity index (χ3v) is 2.75. The summed E-state index contributed by atoms with van der Waals surface area (Å²) in [6, 6.07) is 2.17. The summed E-state index contributed by atoms with van der Waals surface area (Å²) in [5, 5.41) is 3.41. The van der Waals surface area contributed by atoms with Gasteiger partial charge in [-0.2, -0.15) is 0 Å². The SMILES string of the molecule is COCC(N)C(=O)Nc1c(Cl)cc(Cl)cc1Cl. The van der Waals surface area contributed by atoms with Gasteiger partial charge in [0.25, 0.3) is 0 Å². The van der Waals surface area contributed by atoms with E-state index in [1.807, 2.05) is 0 Å². The summed E-state index contributed by atoms with van der Waals surface area (Å²) in [6.07, 6.45) is 0. The molecule has 1 amide bonds. The zero-order valence-corrected chi connectivity index (χ0v) is 11.2. The minimum atomic E-state index is -0.789. The maximum Gasteiger partial charge on any atom is 0.243 e. The smallest absolute Gasteiger partial charge is 0.243 e. The van der Waals surface area contributed by atoms with Crippen LogP contribution in [0.1, 0.15) is 0 Å². The molecule has 1 aromatic carbocycles. The largest absolute Gasteiger partial charge is 0.383 e. The summed E-state index contributed by atoms with van der Waals surface area (Å²) in [7, 11) is 1.45. The first-order valence-electron chi connectivity index (χ1n) is 4.65. The Morgan fingerprint density at radius 1 is 1.41 bits per heavy atom. The average molecular weight is 298 g/mol. The minimum absolute atomic E-state index is 0.106. The molecule has 7 heteroatoms. The van der Waals surface area contributed by atoms with Gasteiger partial charge in [-0.25, -0.2) is 0 Å². The van der Waals surface area contributed by atoms with Gasteiger partial charge in [-0.15, -0.1) is 0 Å². The topological polar surface area (TPSA) is 64.3 Å². The highest BCUT2D eigenvalue weighted by Gasteiger charge is 2.16. The van der Waals surface area contributed by atoms with Crippen LogP contribution in [0.4, 0.5) is 5.69 Å². The van der Waals surface area contributed by atoms with E-state index in [0.29, 0.717) is 5.02 Å². The Morgan fingerprint density at radius 3 is 2.41 bits per heavy atom. The molecule has 0 aliphatic heterocycles. The Balaban J connectivity index is 2.85. The molecule has 17 heavy (non-hydrogen) atoms. The second-order valence-electron chi connectivity index (χ2n) is 3.30. The highest BCUT2D eigenvalue weighted by molar-refractivity contribution is 6.42. The van der Waals surface area contributed by atoms with Crippen molar-refractivity contribution in [2.45, 2.75) is 6.04 Å². The van der Waals surface area contributed by atoms with Crippen molar-refractivity contribution in [2.24, 2.45) is 5.73 Å². The van der Waals surface area contributed by atoms with Crippen LogP contribution in [0.2, 0.25) is 15.1 Å². The van der Waals surface area contributed by atoms with E-state index in [-0.39, 0.29) is 22.3 Å². The number of hydrogen-bond acceptors (Lipinski definition) is 3. The first kappa shape index (κ1) is 14.5. The Hall–Kier alpha value is -0.520. The summed E-state index contributed by atoms with van der Waals surface area (Å²) in [5.74, 6) is -0.432. The zero-order chi connectivity index (χ0) is 13.0. The third-order valence-electron chi connectivity index (χ3n) is 1.94. The highest BCUT2D eigenvalue weighted by atomic mass is 35.5. The van der Waals surface area contributed by atoms with Crippen molar-refractivity contribution in [1.29, 1.82) is 0 Å². The van der Waals surface area contributed by atoms with Crippen molar-refractivity contribution in [3.05, 3.63) is 27.2 Å². The van der Waals surface area contributed by atoms with Crippen LogP contribution in [-0.4, -0.2) is 25.7 Å². The number of halogens is 3. The fourth-order valence-electron chi connectivity index (χ4n) is 1.13. The summed E-state index contributed by atoms with van der Waals surface area (Å²) in [4.78, 5) is 11.6. The quantitative estimate of drug-likeness (QED) is 0.897. The van der Waals surface area contributed by atoms with Crippen LogP contribution in [-0.2, 0) is 9.53 Å². The molecule has 0 heterocycles. The van der Waals surface area contributed by atoms with Crippen molar-refractivity contribution < 1.29 is 9.53 Å². The molecule has 3 N–H and O–H groups in total. The number of anilines is 1. The predicted molar refractivity (Wildman–Crippen MR) is 70.0 cm³/mol. The number of benzene rings is 1. The lowest BCUT2D eigenvalue weighted by Crippen LogP contribution is -2.39. The number of nitrogens with one attached hydrogen (secondary N) is 1. The third kappa shape index (κ3) is 4.01. The standard InChI is InChI=1S/C10H11Cl3N2O2/c1-17-4-8(14)10(16)15-9-6(12)2-5(11)3-7(9)13/h2-3,8H,4,14H2,1H3,(H,15,16). The molecule has 0 saturated heterocycles. The number of ether oxygens (including phenoxy) is 1. The zero-order valence-electron chi connectivity index (χ0n) is 8.97. The summed E-state index contributed by atoms with van der Waals surface area (Å²) in [5.41, 5.74) is 5.84. The molecule has 0 fully saturated rings. The first-order chi connectivity index (χ1) is 7.95. The number of carbonyl (C=O) groups excluding carboxylic acids is 1. The van der Waals surface area contributed by atoms with E-state index in [1.54, 1.807) is 0 Å². The van der Waals surface area contributed by atoms with Crippen LogP contribution < -0.4 is 11.1 Å². The van der Waals surface area contributed by atoms with E-state index in [0.717, 1.165) is 0 Å². The molecule has 1 unspecified atom stereocenters. The second-order valence-corrected chi connectivity index (χ2v) is 4.55. The number of hydrogen-bond donors (Lipinski definition) is 2. The van der Waals surface area contributed by atoms with Gasteiger partial charge in [-0.3, -0.25) is 4.79 Å². The van der Waals surface area contributed by atoms with Gasteiger partial charge >= 0.3 is 0 Å². The molecule has 0 aliphatic carbocycles. The van der Waals surface area contributed by atoms with Crippen molar-refractivity contribution >= 4 is 46.4 Å². The van der Waals surface area contributed by atoms with E-state index >= 15 is 0 Å². The molecule has 0 radical (unpaired) electrons. The molecule has 0 aliphatic rings. The number of methoxy groups -OCH3 is 1. The Bertz CT molecular complexity index is 403. The number of nitrogens with two attached hydrogens (primary N) is 1. The molecular formula is C10H11Cl3N2O2. The van der Waals surface area contributed by atoms with Crippen LogP contribution >= 0.6 is 34.8 Å². The van der Waals surface area contributed by atoms with Crippen molar-refractivity contribution in [3.8, 4) is 0 Å². The van der Waals surface area contributed by atoms with Gasteiger partial charge in [0.1, 0.15) is 6.04 Å². The number of amides is 1. The highest BCUT2D eigenvalue weighted by Crippen LogP contribution is 2.33. The van der Waals surface area contributed by atoms with Gasteiger partial charge in [0, 0.05) is 12.1 Å². The van der Waals surface area contributed by atoms with Gasteiger partial charge in [-0.05, 0) is 12.1 Å². The monoisotopic (exact) mass is 296 g/mol. The maximum absolute atomic E-state index is 11.6.